The summed E-state index contributed by atoms with van der Waals surface area (Å²) in [7, 11) is 3.48. The van der Waals surface area contributed by atoms with Crippen molar-refractivity contribution in [3.63, 3.8) is 0 Å². The maximum absolute atomic E-state index is 5.78. The molecule has 1 aromatic heterocycles. The molecule has 1 saturated heterocycles. The normalized spacial score (nSPS) is 20.5. The number of hydrogen-bond acceptors (Lipinski definition) is 5. The molecular weight excluding hydrogens is 445 g/mol. The van der Waals surface area contributed by atoms with Gasteiger partial charge in [0.15, 0.2) is 5.96 Å². The van der Waals surface area contributed by atoms with Gasteiger partial charge in [0.25, 0.3) is 0 Å². The number of anilines is 1. The number of halogens is 1. The lowest BCUT2D eigenvalue weighted by Gasteiger charge is -2.36. The second-order valence-corrected chi connectivity index (χ2v) is 6.39. The van der Waals surface area contributed by atoms with E-state index in [0.29, 0.717) is 6.54 Å². The fourth-order valence-electron chi connectivity index (χ4n) is 2.90. The van der Waals surface area contributed by atoms with E-state index >= 15 is 0 Å². The smallest absolute Gasteiger partial charge is 0.191 e. The van der Waals surface area contributed by atoms with Crippen LogP contribution in [-0.4, -0.2) is 63.6 Å². The highest BCUT2D eigenvalue weighted by Gasteiger charge is 2.22. The number of nitrogens with one attached hydrogen (secondary N) is 2. The van der Waals surface area contributed by atoms with Crippen LogP contribution in [-0.2, 0) is 16.0 Å². The fourth-order valence-corrected chi connectivity index (χ4v) is 2.90. The summed E-state index contributed by atoms with van der Waals surface area (Å²) in [6, 6.07) is 4.19. The first-order valence-electron chi connectivity index (χ1n) is 8.91. The third-order valence-corrected chi connectivity index (χ3v) is 4.05. The zero-order chi connectivity index (χ0) is 18.1. The first kappa shape index (κ1) is 22.9. The first-order chi connectivity index (χ1) is 12.1. The van der Waals surface area contributed by atoms with Crippen LogP contribution in [0, 0.1) is 0 Å². The molecular formula is C18H32IN5O2. The summed E-state index contributed by atoms with van der Waals surface area (Å²) in [5.41, 5.74) is 1.12. The lowest BCUT2D eigenvalue weighted by molar-refractivity contribution is -0.00545. The molecule has 0 aromatic carbocycles. The molecule has 1 aliphatic rings. The summed E-state index contributed by atoms with van der Waals surface area (Å²) in [6.45, 7) is 8.23. The maximum atomic E-state index is 5.78. The number of ether oxygens (including phenoxy) is 2. The van der Waals surface area contributed by atoms with Gasteiger partial charge in [-0.3, -0.25) is 4.99 Å². The average Bonchev–Trinajstić information content (AvgIpc) is 2.61. The van der Waals surface area contributed by atoms with Crippen molar-refractivity contribution in [1.29, 1.82) is 0 Å². The number of pyridine rings is 1. The van der Waals surface area contributed by atoms with Crippen molar-refractivity contribution in [3.05, 3.63) is 23.9 Å². The lowest BCUT2D eigenvalue weighted by atomic mass is 10.2. The van der Waals surface area contributed by atoms with E-state index in [1.165, 1.54) is 0 Å². The van der Waals surface area contributed by atoms with Gasteiger partial charge in [0, 0.05) is 53.1 Å². The number of nitrogens with zero attached hydrogens (tertiary/aromatic N) is 3. The fraction of sp³-hybridized carbons (Fsp3) is 0.667. The molecule has 0 saturated carbocycles. The Bertz CT molecular complexity index is 531. The minimum Gasteiger partial charge on any atom is -0.385 e. The molecule has 0 aliphatic carbocycles. The van der Waals surface area contributed by atoms with Gasteiger partial charge >= 0.3 is 0 Å². The molecule has 2 unspecified atom stereocenters. The van der Waals surface area contributed by atoms with Gasteiger partial charge in [0.1, 0.15) is 5.82 Å². The second-order valence-electron chi connectivity index (χ2n) is 6.39. The van der Waals surface area contributed by atoms with Crippen molar-refractivity contribution < 1.29 is 9.47 Å². The highest BCUT2D eigenvalue weighted by Crippen LogP contribution is 2.18. The van der Waals surface area contributed by atoms with E-state index in [-0.39, 0.29) is 36.2 Å². The number of hydrogen-bond donors (Lipinski definition) is 2. The minimum atomic E-state index is 0. The Kier molecular flexibility index (Phi) is 10.8. The highest BCUT2D eigenvalue weighted by molar-refractivity contribution is 14.0. The molecule has 148 valence electrons. The number of guanidine groups is 1. The van der Waals surface area contributed by atoms with Crippen LogP contribution in [0.25, 0.3) is 0 Å². The number of morpholine rings is 1. The number of rotatable bonds is 7. The molecule has 0 spiro atoms. The van der Waals surface area contributed by atoms with Gasteiger partial charge in [-0.25, -0.2) is 4.98 Å². The predicted octanol–water partition coefficient (Wildman–Crippen LogP) is 2.01. The van der Waals surface area contributed by atoms with Gasteiger partial charge in [0.05, 0.1) is 12.2 Å². The summed E-state index contributed by atoms with van der Waals surface area (Å²) in [4.78, 5) is 11.1. The Morgan fingerprint density at radius 2 is 2.04 bits per heavy atom. The van der Waals surface area contributed by atoms with Crippen molar-refractivity contribution in [2.75, 3.05) is 45.3 Å². The number of methoxy groups -OCH3 is 1. The first-order valence-corrected chi connectivity index (χ1v) is 8.91. The molecule has 1 aliphatic heterocycles. The number of aliphatic imine (C=N–C) groups is 1. The third kappa shape index (κ3) is 7.63. The van der Waals surface area contributed by atoms with Crippen LogP contribution in [0.4, 0.5) is 5.82 Å². The van der Waals surface area contributed by atoms with E-state index < -0.39 is 0 Å². The second kappa shape index (κ2) is 12.3. The highest BCUT2D eigenvalue weighted by atomic mass is 127. The molecule has 26 heavy (non-hydrogen) atoms. The van der Waals surface area contributed by atoms with Gasteiger partial charge < -0.3 is 25.0 Å². The predicted molar refractivity (Wildman–Crippen MR) is 117 cm³/mol. The van der Waals surface area contributed by atoms with Crippen LogP contribution < -0.4 is 15.5 Å². The average molecular weight is 477 g/mol. The van der Waals surface area contributed by atoms with E-state index in [1.807, 2.05) is 6.20 Å². The lowest BCUT2D eigenvalue weighted by Crippen LogP contribution is -2.45. The quantitative estimate of drug-likeness (QED) is 0.271. The molecule has 0 bridgehead atoms. The van der Waals surface area contributed by atoms with Crippen LogP contribution in [0.5, 0.6) is 0 Å². The molecule has 1 fully saturated rings. The summed E-state index contributed by atoms with van der Waals surface area (Å²) in [6.07, 6.45) is 3.34. The Morgan fingerprint density at radius 3 is 2.62 bits per heavy atom. The summed E-state index contributed by atoms with van der Waals surface area (Å²) < 4.78 is 10.8. The van der Waals surface area contributed by atoms with Crippen LogP contribution in [0.2, 0.25) is 0 Å². The Hall–Kier alpha value is -1.13. The van der Waals surface area contributed by atoms with Gasteiger partial charge in [-0.2, -0.15) is 0 Å². The monoisotopic (exact) mass is 477 g/mol. The molecule has 0 radical (unpaired) electrons. The van der Waals surface area contributed by atoms with Crippen LogP contribution in [0.3, 0.4) is 0 Å². The molecule has 2 N–H and O–H groups in total. The van der Waals surface area contributed by atoms with Gasteiger partial charge in [-0.1, -0.05) is 6.07 Å². The summed E-state index contributed by atoms with van der Waals surface area (Å²) >= 11 is 0. The molecule has 2 atom stereocenters. The van der Waals surface area contributed by atoms with Gasteiger partial charge in [-0.05, 0) is 31.9 Å². The molecule has 8 heteroatoms. The van der Waals surface area contributed by atoms with Crippen LogP contribution >= 0.6 is 24.0 Å². The topological polar surface area (TPSA) is 71.0 Å². The zero-order valence-corrected chi connectivity index (χ0v) is 18.5. The standard InChI is InChI=1S/C18H31N5O2.HI/c1-14-12-23(13-15(2)25-14)17-7-6-16(10-21-17)11-22-18(19-3)20-8-5-9-24-4;/h6-7,10,14-15H,5,8-9,11-13H2,1-4H3,(H2,19,20,22);1H. The largest absolute Gasteiger partial charge is 0.385 e. The van der Waals surface area contributed by atoms with Crippen molar-refractivity contribution >= 4 is 35.8 Å². The molecule has 2 rings (SSSR count). The van der Waals surface area contributed by atoms with Crippen LogP contribution in [0.1, 0.15) is 25.8 Å². The van der Waals surface area contributed by atoms with Crippen molar-refractivity contribution in [1.82, 2.24) is 15.6 Å². The minimum absolute atomic E-state index is 0. The van der Waals surface area contributed by atoms with E-state index in [1.54, 1.807) is 14.2 Å². The molecule has 0 amide bonds. The van der Waals surface area contributed by atoms with E-state index in [4.69, 9.17) is 9.47 Å². The summed E-state index contributed by atoms with van der Waals surface area (Å²) in [5.74, 6) is 1.80. The van der Waals surface area contributed by atoms with Gasteiger partial charge in [0.2, 0.25) is 0 Å². The third-order valence-electron chi connectivity index (χ3n) is 4.05. The SMILES string of the molecule is CN=C(NCCCOC)NCc1ccc(N2CC(C)OC(C)C2)nc1.I. The summed E-state index contributed by atoms with van der Waals surface area (Å²) in [5, 5.41) is 6.56. The van der Waals surface area contributed by atoms with E-state index in [2.05, 4.69) is 51.5 Å². The zero-order valence-electron chi connectivity index (χ0n) is 16.2. The molecule has 2 heterocycles. The van der Waals surface area contributed by atoms with Crippen LogP contribution in [0.15, 0.2) is 23.3 Å². The van der Waals surface area contributed by atoms with Crippen molar-refractivity contribution in [3.8, 4) is 0 Å². The van der Waals surface area contributed by atoms with E-state index in [9.17, 15) is 0 Å². The maximum Gasteiger partial charge on any atom is 0.191 e. The van der Waals surface area contributed by atoms with Gasteiger partial charge in [-0.15, -0.1) is 24.0 Å². The van der Waals surface area contributed by atoms with E-state index in [0.717, 1.165) is 50.0 Å². The molecule has 7 nitrogen and oxygen atoms in total. The molecule has 1 aromatic rings. The Morgan fingerprint density at radius 1 is 1.31 bits per heavy atom. The Balaban J connectivity index is 0.00000338. The van der Waals surface area contributed by atoms with Crippen molar-refractivity contribution in [2.45, 2.75) is 39.0 Å². The van der Waals surface area contributed by atoms with Crippen molar-refractivity contribution in [2.24, 2.45) is 4.99 Å². The number of aromatic nitrogens is 1. The Labute approximate surface area is 174 Å².